The molecule has 0 saturated carbocycles. The lowest BCUT2D eigenvalue weighted by atomic mass is 10.0. The Morgan fingerprint density at radius 2 is 2.36 bits per heavy atom. The van der Waals surface area contributed by atoms with Crippen molar-refractivity contribution in [3.8, 4) is 0 Å². The molecule has 0 saturated heterocycles. The predicted octanol–water partition coefficient (Wildman–Crippen LogP) is 0.927. The Balaban J connectivity index is 2.64. The van der Waals surface area contributed by atoms with Crippen LogP contribution in [0, 0.1) is 0 Å². The molecule has 0 aromatic heterocycles. The number of nitrogens with two attached hydrogens (primary N) is 1. The van der Waals surface area contributed by atoms with Crippen LogP contribution >= 0.6 is 0 Å². The molecule has 1 aliphatic heterocycles. The van der Waals surface area contributed by atoms with E-state index in [1.165, 1.54) is 6.08 Å². The third kappa shape index (κ3) is 1.97. The van der Waals surface area contributed by atoms with Crippen LogP contribution in [-0.2, 0) is 4.74 Å². The Morgan fingerprint density at radius 1 is 1.64 bits per heavy atom. The molecule has 11 heavy (non-hydrogen) atoms. The molecule has 0 fully saturated rings. The first-order chi connectivity index (χ1) is 5.17. The van der Waals surface area contributed by atoms with Crippen LogP contribution in [0.1, 0.15) is 6.42 Å². The van der Waals surface area contributed by atoms with E-state index in [1.54, 1.807) is 0 Å². The van der Waals surface area contributed by atoms with Crippen LogP contribution in [0.3, 0.4) is 0 Å². The summed E-state index contributed by atoms with van der Waals surface area (Å²) in [5.74, 6) is -2.83. The highest BCUT2D eigenvalue weighted by Gasteiger charge is 2.32. The van der Waals surface area contributed by atoms with E-state index in [-0.39, 0.29) is 12.2 Å². The van der Waals surface area contributed by atoms with Crippen LogP contribution in [0.2, 0.25) is 0 Å². The van der Waals surface area contributed by atoms with Crippen LogP contribution in [-0.4, -0.2) is 25.7 Å². The molecule has 0 bridgehead atoms. The molecule has 1 aliphatic rings. The Labute approximate surface area is 64.0 Å². The van der Waals surface area contributed by atoms with E-state index in [0.717, 1.165) is 0 Å². The van der Waals surface area contributed by atoms with Gasteiger partial charge in [0.05, 0.1) is 19.8 Å². The van der Waals surface area contributed by atoms with Crippen LogP contribution in [0.25, 0.3) is 0 Å². The molecule has 1 heterocycles. The van der Waals surface area contributed by atoms with Gasteiger partial charge in [-0.05, 0) is 6.42 Å². The first kappa shape index (κ1) is 8.62. The Kier molecular flexibility index (Phi) is 2.57. The number of hydrogen-bond donors (Lipinski definition) is 1. The summed E-state index contributed by atoms with van der Waals surface area (Å²) in [6.45, 7) is 0.0468. The van der Waals surface area contributed by atoms with E-state index in [4.69, 9.17) is 10.5 Å². The fourth-order valence-electron chi connectivity index (χ4n) is 0.990. The van der Waals surface area contributed by atoms with Crippen LogP contribution in [0.15, 0.2) is 11.6 Å². The van der Waals surface area contributed by atoms with E-state index in [1.807, 2.05) is 0 Å². The number of rotatable bonds is 2. The molecular formula is C7H11F2NO. The average Bonchev–Trinajstić information content (AvgIpc) is 2.06. The minimum atomic E-state index is -2.83. The van der Waals surface area contributed by atoms with Crippen molar-refractivity contribution in [2.75, 3.05) is 19.8 Å². The quantitative estimate of drug-likeness (QED) is 0.614. The van der Waals surface area contributed by atoms with Crippen molar-refractivity contribution in [3.63, 3.8) is 0 Å². The lowest BCUT2D eigenvalue weighted by molar-refractivity contribution is 0.0345. The molecule has 0 amide bonds. The molecule has 0 spiro atoms. The lowest BCUT2D eigenvalue weighted by Crippen LogP contribution is -2.32. The van der Waals surface area contributed by atoms with Gasteiger partial charge in [0.1, 0.15) is 0 Å². The molecule has 2 N–H and O–H groups in total. The van der Waals surface area contributed by atoms with Gasteiger partial charge in [0, 0.05) is 5.57 Å². The summed E-state index contributed by atoms with van der Waals surface area (Å²) in [5.41, 5.74) is 5.02. The van der Waals surface area contributed by atoms with E-state index < -0.39 is 12.5 Å². The fourth-order valence-corrected chi connectivity index (χ4v) is 0.990. The summed E-state index contributed by atoms with van der Waals surface area (Å²) in [6, 6.07) is 0. The normalized spacial score (nSPS) is 19.7. The summed E-state index contributed by atoms with van der Waals surface area (Å²) >= 11 is 0. The van der Waals surface area contributed by atoms with Crippen LogP contribution in [0.4, 0.5) is 8.78 Å². The highest BCUT2D eigenvalue weighted by molar-refractivity contribution is 5.15. The highest BCUT2D eigenvalue weighted by Crippen LogP contribution is 2.26. The van der Waals surface area contributed by atoms with Crippen molar-refractivity contribution in [2.24, 2.45) is 5.73 Å². The zero-order chi connectivity index (χ0) is 8.32. The van der Waals surface area contributed by atoms with Gasteiger partial charge in [0.2, 0.25) is 0 Å². The average molecular weight is 163 g/mol. The minimum absolute atomic E-state index is 0.117. The maximum absolute atomic E-state index is 12.8. The van der Waals surface area contributed by atoms with Gasteiger partial charge in [-0.25, -0.2) is 8.78 Å². The minimum Gasteiger partial charge on any atom is -0.377 e. The number of alkyl halides is 2. The summed E-state index contributed by atoms with van der Waals surface area (Å²) in [7, 11) is 0. The predicted molar refractivity (Wildman–Crippen MR) is 37.5 cm³/mol. The Hall–Kier alpha value is -0.480. The zero-order valence-corrected chi connectivity index (χ0v) is 6.15. The van der Waals surface area contributed by atoms with Gasteiger partial charge in [-0.1, -0.05) is 6.08 Å². The molecule has 1 rings (SSSR count). The van der Waals surface area contributed by atoms with Gasteiger partial charge < -0.3 is 10.5 Å². The maximum Gasteiger partial charge on any atom is 0.281 e. The van der Waals surface area contributed by atoms with Crippen molar-refractivity contribution < 1.29 is 13.5 Å². The van der Waals surface area contributed by atoms with Crippen LogP contribution in [0.5, 0.6) is 0 Å². The summed E-state index contributed by atoms with van der Waals surface area (Å²) in [6.07, 6.45) is 1.71. The Bertz CT molecular complexity index is 168. The van der Waals surface area contributed by atoms with Crippen molar-refractivity contribution in [1.29, 1.82) is 0 Å². The maximum atomic E-state index is 12.8. The van der Waals surface area contributed by atoms with Gasteiger partial charge in [0.15, 0.2) is 0 Å². The lowest BCUT2D eigenvalue weighted by Gasteiger charge is -2.21. The number of hydrogen-bond acceptors (Lipinski definition) is 2. The molecule has 0 aliphatic carbocycles. The SMILES string of the molecule is NCC(F)(F)C1=CCOCC1. The molecule has 0 atom stereocenters. The van der Waals surface area contributed by atoms with E-state index >= 15 is 0 Å². The van der Waals surface area contributed by atoms with Gasteiger partial charge in [-0.2, -0.15) is 0 Å². The van der Waals surface area contributed by atoms with Crippen molar-refractivity contribution >= 4 is 0 Å². The van der Waals surface area contributed by atoms with E-state index in [0.29, 0.717) is 13.0 Å². The molecule has 0 radical (unpaired) electrons. The third-order valence-electron chi connectivity index (χ3n) is 1.69. The highest BCUT2D eigenvalue weighted by atomic mass is 19.3. The second-order valence-corrected chi connectivity index (χ2v) is 2.46. The van der Waals surface area contributed by atoms with Crippen LogP contribution < -0.4 is 5.73 Å². The van der Waals surface area contributed by atoms with Gasteiger partial charge in [-0.15, -0.1) is 0 Å². The van der Waals surface area contributed by atoms with Gasteiger partial charge in [-0.3, -0.25) is 0 Å². The van der Waals surface area contributed by atoms with Crippen molar-refractivity contribution in [1.82, 2.24) is 0 Å². The van der Waals surface area contributed by atoms with E-state index in [2.05, 4.69) is 0 Å². The third-order valence-corrected chi connectivity index (χ3v) is 1.69. The van der Waals surface area contributed by atoms with Gasteiger partial charge in [0.25, 0.3) is 5.92 Å². The molecule has 0 aromatic carbocycles. The van der Waals surface area contributed by atoms with E-state index in [9.17, 15) is 8.78 Å². The summed E-state index contributed by atoms with van der Waals surface area (Å²) in [4.78, 5) is 0. The zero-order valence-electron chi connectivity index (χ0n) is 6.15. The molecule has 0 unspecified atom stereocenters. The first-order valence-corrected chi connectivity index (χ1v) is 3.52. The van der Waals surface area contributed by atoms with Crippen molar-refractivity contribution in [2.45, 2.75) is 12.3 Å². The molecular weight excluding hydrogens is 152 g/mol. The van der Waals surface area contributed by atoms with Crippen molar-refractivity contribution in [3.05, 3.63) is 11.6 Å². The smallest absolute Gasteiger partial charge is 0.281 e. The second-order valence-electron chi connectivity index (χ2n) is 2.46. The molecule has 2 nitrogen and oxygen atoms in total. The molecule has 0 aromatic rings. The molecule has 64 valence electrons. The monoisotopic (exact) mass is 163 g/mol. The Morgan fingerprint density at radius 3 is 2.82 bits per heavy atom. The fraction of sp³-hybridized carbons (Fsp3) is 0.714. The number of halogens is 2. The topological polar surface area (TPSA) is 35.2 Å². The molecule has 4 heteroatoms. The summed E-state index contributed by atoms with van der Waals surface area (Å²) < 4.78 is 30.5. The largest absolute Gasteiger partial charge is 0.377 e. The van der Waals surface area contributed by atoms with Gasteiger partial charge >= 0.3 is 0 Å². The standard InChI is InChI=1S/C7H11F2NO/c8-7(9,5-10)6-1-3-11-4-2-6/h1H,2-5,10H2. The number of ether oxygens (including phenoxy) is 1. The first-order valence-electron chi connectivity index (χ1n) is 3.52. The summed E-state index contributed by atoms with van der Waals surface area (Å²) in [5, 5.41) is 0. The second kappa shape index (κ2) is 3.28.